The third-order valence-corrected chi connectivity index (χ3v) is 2.41. The first-order chi connectivity index (χ1) is 8.09. The van der Waals surface area contributed by atoms with Gasteiger partial charge in [-0.25, -0.2) is 8.78 Å². The Kier molecular flexibility index (Phi) is 6.07. The lowest BCUT2D eigenvalue weighted by Gasteiger charge is -2.06. The number of benzene rings is 1. The highest BCUT2D eigenvalue weighted by Gasteiger charge is 2.05. The smallest absolute Gasteiger partial charge is 0.261 e. The maximum atomic E-state index is 11.7. The van der Waals surface area contributed by atoms with Gasteiger partial charge in [-0.3, -0.25) is 4.79 Å². The second-order valence-electron chi connectivity index (χ2n) is 3.23. The van der Waals surface area contributed by atoms with Crippen LogP contribution in [-0.2, 0) is 4.74 Å². The third-order valence-electron chi connectivity index (χ3n) is 1.88. The van der Waals surface area contributed by atoms with Gasteiger partial charge in [-0.2, -0.15) is 0 Å². The molecule has 0 unspecified atom stereocenters. The van der Waals surface area contributed by atoms with E-state index < -0.39 is 13.0 Å². The molecule has 0 aliphatic heterocycles. The largest absolute Gasteiger partial charge is 0.374 e. The molecule has 0 saturated carbocycles. The summed E-state index contributed by atoms with van der Waals surface area (Å²) < 4.78 is 28.9. The molecule has 17 heavy (non-hydrogen) atoms. The average molecular weight is 308 g/mol. The Labute approximate surface area is 106 Å². The molecule has 1 amide bonds. The maximum Gasteiger partial charge on any atom is 0.261 e. The number of ether oxygens (including phenoxy) is 1. The van der Waals surface area contributed by atoms with E-state index in [0.717, 1.165) is 4.47 Å². The molecule has 0 aliphatic rings. The van der Waals surface area contributed by atoms with Gasteiger partial charge < -0.3 is 10.1 Å². The van der Waals surface area contributed by atoms with E-state index in [2.05, 4.69) is 26.0 Å². The maximum absolute atomic E-state index is 11.7. The Morgan fingerprint density at radius 1 is 1.35 bits per heavy atom. The lowest BCUT2D eigenvalue weighted by Crippen LogP contribution is -2.27. The second kappa shape index (κ2) is 7.34. The van der Waals surface area contributed by atoms with E-state index >= 15 is 0 Å². The summed E-state index contributed by atoms with van der Waals surface area (Å²) in [4.78, 5) is 11.5. The predicted molar refractivity (Wildman–Crippen MR) is 63.3 cm³/mol. The van der Waals surface area contributed by atoms with Crippen LogP contribution in [0.1, 0.15) is 10.4 Å². The number of halogens is 3. The molecule has 0 aliphatic carbocycles. The number of carbonyl (C=O) groups is 1. The molecule has 0 radical (unpaired) electrons. The monoisotopic (exact) mass is 307 g/mol. The highest BCUT2D eigenvalue weighted by molar-refractivity contribution is 9.10. The molecule has 94 valence electrons. The quantitative estimate of drug-likeness (QED) is 0.820. The van der Waals surface area contributed by atoms with E-state index in [0.29, 0.717) is 5.56 Å². The van der Waals surface area contributed by atoms with Crippen molar-refractivity contribution in [1.82, 2.24) is 5.32 Å². The summed E-state index contributed by atoms with van der Waals surface area (Å²) in [5.74, 6) is -0.252. The van der Waals surface area contributed by atoms with Gasteiger partial charge in [-0.05, 0) is 24.3 Å². The standard InChI is InChI=1S/C11H12BrF2NO2/c12-9-3-1-8(2-4-9)11(16)15-5-6-17-7-10(13)14/h1-4,10H,5-7H2,(H,15,16). The fraction of sp³-hybridized carbons (Fsp3) is 0.364. The van der Waals surface area contributed by atoms with Crippen LogP contribution in [0.4, 0.5) is 8.78 Å². The van der Waals surface area contributed by atoms with Crippen LogP contribution in [-0.4, -0.2) is 32.1 Å². The van der Waals surface area contributed by atoms with Crippen molar-refractivity contribution in [1.29, 1.82) is 0 Å². The van der Waals surface area contributed by atoms with Crippen molar-refractivity contribution in [3.05, 3.63) is 34.3 Å². The van der Waals surface area contributed by atoms with E-state index in [9.17, 15) is 13.6 Å². The van der Waals surface area contributed by atoms with Gasteiger partial charge in [-0.15, -0.1) is 0 Å². The van der Waals surface area contributed by atoms with E-state index in [1.807, 2.05) is 0 Å². The fourth-order valence-corrected chi connectivity index (χ4v) is 1.38. The van der Waals surface area contributed by atoms with Crippen molar-refractivity contribution in [2.75, 3.05) is 19.8 Å². The molecular weight excluding hydrogens is 296 g/mol. The molecule has 1 aromatic carbocycles. The van der Waals surface area contributed by atoms with E-state index in [4.69, 9.17) is 0 Å². The van der Waals surface area contributed by atoms with Crippen LogP contribution in [0, 0.1) is 0 Å². The zero-order valence-corrected chi connectivity index (χ0v) is 10.5. The SMILES string of the molecule is O=C(NCCOCC(F)F)c1ccc(Br)cc1. The highest BCUT2D eigenvalue weighted by atomic mass is 79.9. The van der Waals surface area contributed by atoms with Crippen molar-refractivity contribution in [2.45, 2.75) is 6.43 Å². The van der Waals surface area contributed by atoms with Crippen molar-refractivity contribution in [2.24, 2.45) is 0 Å². The van der Waals surface area contributed by atoms with Gasteiger partial charge in [0.05, 0.1) is 6.61 Å². The molecule has 0 saturated heterocycles. The van der Waals surface area contributed by atoms with Crippen LogP contribution in [0.2, 0.25) is 0 Å². The minimum Gasteiger partial charge on any atom is -0.374 e. The number of nitrogens with one attached hydrogen (secondary N) is 1. The zero-order valence-electron chi connectivity index (χ0n) is 8.96. The Morgan fingerprint density at radius 3 is 2.59 bits per heavy atom. The van der Waals surface area contributed by atoms with E-state index in [-0.39, 0.29) is 19.1 Å². The summed E-state index contributed by atoms with van der Waals surface area (Å²) in [6, 6.07) is 6.84. The molecule has 1 aromatic rings. The van der Waals surface area contributed by atoms with Gasteiger partial charge in [0.1, 0.15) is 6.61 Å². The van der Waals surface area contributed by atoms with Gasteiger partial charge in [0, 0.05) is 16.6 Å². The van der Waals surface area contributed by atoms with Gasteiger partial charge in [-0.1, -0.05) is 15.9 Å². The van der Waals surface area contributed by atoms with Crippen LogP contribution in [0.25, 0.3) is 0 Å². The van der Waals surface area contributed by atoms with Crippen LogP contribution in [0.5, 0.6) is 0 Å². The first kappa shape index (κ1) is 14.1. The molecule has 0 atom stereocenters. The van der Waals surface area contributed by atoms with Gasteiger partial charge in [0.25, 0.3) is 12.3 Å². The normalized spacial score (nSPS) is 10.6. The molecule has 1 rings (SSSR count). The minimum absolute atomic E-state index is 0.0760. The molecule has 3 nitrogen and oxygen atoms in total. The minimum atomic E-state index is -2.47. The van der Waals surface area contributed by atoms with Crippen molar-refractivity contribution < 1.29 is 18.3 Å². The molecular formula is C11H12BrF2NO2. The highest BCUT2D eigenvalue weighted by Crippen LogP contribution is 2.10. The summed E-state index contributed by atoms with van der Waals surface area (Å²) in [5.41, 5.74) is 0.516. The summed E-state index contributed by atoms with van der Waals surface area (Å²) in [7, 11) is 0. The topological polar surface area (TPSA) is 38.3 Å². The lowest BCUT2D eigenvalue weighted by molar-refractivity contribution is 0.0188. The Morgan fingerprint density at radius 2 is 2.00 bits per heavy atom. The van der Waals surface area contributed by atoms with Gasteiger partial charge in [0.2, 0.25) is 0 Å². The zero-order chi connectivity index (χ0) is 12.7. The Balaban J connectivity index is 2.23. The van der Waals surface area contributed by atoms with Crippen molar-refractivity contribution in [3.63, 3.8) is 0 Å². The Hall–Kier alpha value is -1.01. The average Bonchev–Trinajstić information content (AvgIpc) is 2.29. The van der Waals surface area contributed by atoms with Crippen LogP contribution in [0.15, 0.2) is 28.7 Å². The molecule has 1 N–H and O–H groups in total. The van der Waals surface area contributed by atoms with Crippen molar-refractivity contribution in [3.8, 4) is 0 Å². The molecule has 0 heterocycles. The molecule has 0 bridgehead atoms. The summed E-state index contributed by atoms with van der Waals surface area (Å²) >= 11 is 3.26. The van der Waals surface area contributed by atoms with E-state index in [1.54, 1.807) is 24.3 Å². The number of rotatable bonds is 6. The molecule has 0 spiro atoms. The fourth-order valence-electron chi connectivity index (χ4n) is 1.11. The van der Waals surface area contributed by atoms with E-state index in [1.165, 1.54) is 0 Å². The number of alkyl halides is 2. The summed E-state index contributed by atoms with van der Waals surface area (Å²) in [6.07, 6.45) is -2.47. The van der Waals surface area contributed by atoms with Gasteiger partial charge >= 0.3 is 0 Å². The number of carbonyl (C=O) groups excluding carboxylic acids is 1. The summed E-state index contributed by atoms with van der Waals surface area (Å²) in [6.45, 7) is -0.317. The summed E-state index contributed by atoms with van der Waals surface area (Å²) in [5, 5.41) is 2.57. The molecule has 0 fully saturated rings. The van der Waals surface area contributed by atoms with Crippen molar-refractivity contribution >= 4 is 21.8 Å². The predicted octanol–water partition coefficient (Wildman–Crippen LogP) is 2.46. The van der Waals surface area contributed by atoms with Crippen LogP contribution < -0.4 is 5.32 Å². The Bertz CT molecular complexity index is 357. The number of hydrogen-bond acceptors (Lipinski definition) is 2. The second-order valence-corrected chi connectivity index (χ2v) is 4.14. The number of amides is 1. The molecule has 0 aromatic heterocycles. The first-order valence-corrected chi connectivity index (χ1v) is 5.78. The van der Waals surface area contributed by atoms with Crippen LogP contribution >= 0.6 is 15.9 Å². The van der Waals surface area contributed by atoms with Crippen LogP contribution in [0.3, 0.4) is 0 Å². The molecule has 6 heteroatoms. The van der Waals surface area contributed by atoms with Gasteiger partial charge in [0.15, 0.2) is 0 Å². The third kappa shape index (κ3) is 5.74. The lowest BCUT2D eigenvalue weighted by atomic mass is 10.2. The first-order valence-electron chi connectivity index (χ1n) is 4.99. The number of hydrogen-bond donors (Lipinski definition) is 1.